The first kappa shape index (κ1) is 11.2. The average molecular weight is 194 g/mol. The van der Waals surface area contributed by atoms with Crippen molar-refractivity contribution < 1.29 is 0 Å². The van der Waals surface area contributed by atoms with Gasteiger partial charge < -0.3 is 10.6 Å². The lowest BCUT2D eigenvalue weighted by Crippen LogP contribution is -2.30. The molecular formula is C12H22N2. The molecule has 0 atom stereocenters. The maximum atomic E-state index is 3.26. The van der Waals surface area contributed by atoms with E-state index in [1.54, 1.807) is 0 Å². The molecule has 14 heavy (non-hydrogen) atoms. The maximum absolute atomic E-state index is 3.26. The van der Waals surface area contributed by atoms with Crippen LogP contribution in [0.15, 0.2) is 24.6 Å². The zero-order valence-electron chi connectivity index (χ0n) is 9.13. The van der Waals surface area contributed by atoms with Crippen LogP contribution in [-0.2, 0) is 0 Å². The highest BCUT2D eigenvalue weighted by molar-refractivity contribution is 4.90. The van der Waals surface area contributed by atoms with E-state index in [1.807, 2.05) is 12.4 Å². The predicted molar refractivity (Wildman–Crippen MR) is 61.7 cm³/mol. The summed E-state index contributed by atoms with van der Waals surface area (Å²) in [4.78, 5) is 0. The molecule has 1 aliphatic rings. The van der Waals surface area contributed by atoms with E-state index in [2.05, 4.69) is 29.7 Å². The number of rotatable bonds is 7. The lowest BCUT2D eigenvalue weighted by molar-refractivity contribution is 0.491. The van der Waals surface area contributed by atoms with Crippen molar-refractivity contribution in [1.29, 1.82) is 0 Å². The molecule has 2 N–H and O–H groups in total. The summed E-state index contributed by atoms with van der Waals surface area (Å²) in [7, 11) is 0. The summed E-state index contributed by atoms with van der Waals surface area (Å²) >= 11 is 0. The second-order valence-corrected chi connectivity index (χ2v) is 3.74. The zero-order valence-corrected chi connectivity index (χ0v) is 9.13. The van der Waals surface area contributed by atoms with E-state index in [0.29, 0.717) is 6.17 Å². The van der Waals surface area contributed by atoms with Gasteiger partial charge >= 0.3 is 0 Å². The summed E-state index contributed by atoms with van der Waals surface area (Å²) in [6, 6.07) is 0. The van der Waals surface area contributed by atoms with Crippen LogP contribution in [0.2, 0.25) is 0 Å². The van der Waals surface area contributed by atoms with E-state index >= 15 is 0 Å². The first-order valence-corrected chi connectivity index (χ1v) is 5.75. The smallest absolute Gasteiger partial charge is 0.0955 e. The topological polar surface area (TPSA) is 24.1 Å². The first-order valence-electron chi connectivity index (χ1n) is 5.75. The Balaban J connectivity index is 1.82. The molecule has 0 amide bonds. The molecule has 0 spiro atoms. The Kier molecular flexibility index (Phi) is 5.96. The minimum absolute atomic E-state index is 0.487. The number of unbranched alkanes of at least 4 members (excludes halogenated alkanes) is 3. The van der Waals surface area contributed by atoms with Gasteiger partial charge in [-0.05, 0) is 32.1 Å². The standard InChI is InChI=1S/C12H22N2/c1-2-3-4-5-6-7-8-9-12-13-10-11-14-12/h3-4,10-14H,2,5-9H2,1H3/b4-3+. The third-order valence-electron chi connectivity index (χ3n) is 2.44. The Morgan fingerprint density at radius 3 is 2.57 bits per heavy atom. The Morgan fingerprint density at radius 2 is 1.86 bits per heavy atom. The second kappa shape index (κ2) is 7.48. The van der Waals surface area contributed by atoms with Crippen LogP contribution in [0.3, 0.4) is 0 Å². The third kappa shape index (κ3) is 4.95. The van der Waals surface area contributed by atoms with Crippen LogP contribution in [0.5, 0.6) is 0 Å². The van der Waals surface area contributed by atoms with E-state index in [0.717, 1.165) is 0 Å². The van der Waals surface area contributed by atoms with Gasteiger partial charge in [0.15, 0.2) is 0 Å². The average Bonchev–Trinajstić information content (AvgIpc) is 2.69. The van der Waals surface area contributed by atoms with Crippen LogP contribution < -0.4 is 10.6 Å². The minimum atomic E-state index is 0.487. The van der Waals surface area contributed by atoms with Crippen LogP contribution in [0.1, 0.15) is 45.4 Å². The summed E-state index contributed by atoms with van der Waals surface area (Å²) in [5, 5.41) is 6.52. The summed E-state index contributed by atoms with van der Waals surface area (Å²) < 4.78 is 0. The van der Waals surface area contributed by atoms with Crippen molar-refractivity contribution in [1.82, 2.24) is 10.6 Å². The summed E-state index contributed by atoms with van der Waals surface area (Å²) in [6.45, 7) is 2.18. The predicted octanol–water partition coefficient (Wildman–Crippen LogP) is 2.89. The molecule has 0 aromatic carbocycles. The molecule has 0 saturated carbocycles. The summed E-state index contributed by atoms with van der Waals surface area (Å²) in [5.41, 5.74) is 0. The fourth-order valence-electron chi connectivity index (χ4n) is 1.62. The van der Waals surface area contributed by atoms with Crippen molar-refractivity contribution in [3.63, 3.8) is 0 Å². The van der Waals surface area contributed by atoms with Crippen LogP contribution in [0.4, 0.5) is 0 Å². The lowest BCUT2D eigenvalue weighted by Gasteiger charge is -2.11. The van der Waals surface area contributed by atoms with Gasteiger partial charge in [-0.1, -0.05) is 25.5 Å². The fourth-order valence-corrected chi connectivity index (χ4v) is 1.62. The molecule has 0 aromatic rings. The molecule has 1 heterocycles. The van der Waals surface area contributed by atoms with Crippen LogP contribution >= 0.6 is 0 Å². The Hall–Kier alpha value is -0.920. The molecule has 2 nitrogen and oxygen atoms in total. The normalized spacial score (nSPS) is 16.1. The van der Waals surface area contributed by atoms with Crippen LogP contribution in [0, 0.1) is 0 Å². The van der Waals surface area contributed by atoms with E-state index in [-0.39, 0.29) is 0 Å². The molecule has 2 heteroatoms. The Bertz CT molecular complexity index is 177. The van der Waals surface area contributed by atoms with Crippen LogP contribution in [-0.4, -0.2) is 6.17 Å². The van der Waals surface area contributed by atoms with E-state index < -0.39 is 0 Å². The zero-order chi connectivity index (χ0) is 10.1. The van der Waals surface area contributed by atoms with E-state index in [9.17, 15) is 0 Å². The lowest BCUT2D eigenvalue weighted by atomic mass is 10.1. The molecule has 0 fully saturated rings. The van der Waals surface area contributed by atoms with Crippen molar-refractivity contribution in [2.24, 2.45) is 0 Å². The number of hydrogen-bond acceptors (Lipinski definition) is 2. The highest BCUT2D eigenvalue weighted by atomic mass is 15.1. The Morgan fingerprint density at radius 1 is 1.07 bits per heavy atom. The van der Waals surface area contributed by atoms with Crippen molar-refractivity contribution in [3.05, 3.63) is 24.6 Å². The van der Waals surface area contributed by atoms with Gasteiger partial charge in [-0.25, -0.2) is 0 Å². The van der Waals surface area contributed by atoms with Gasteiger partial charge in [0.1, 0.15) is 0 Å². The highest BCUT2D eigenvalue weighted by Crippen LogP contribution is 2.06. The fraction of sp³-hybridized carbons (Fsp3) is 0.667. The van der Waals surface area contributed by atoms with Gasteiger partial charge in [0.25, 0.3) is 0 Å². The van der Waals surface area contributed by atoms with Crippen molar-refractivity contribution >= 4 is 0 Å². The summed E-state index contributed by atoms with van der Waals surface area (Å²) in [6.07, 6.45) is 16.6. The van der Waals surface area contributed by atoms with Gasteiger partial charge in [-0.15, -0.1) is 0 Å². The quantitative estimate of drug-likeness (QED) is 0.481. The Labute approximate surface area is 87.5 Å². The maximum Gasteiger partial charge on any atom is 0.0955 e. The van der Waals surface area contributed by atoms with Crippen molar-refractivity contribution in [2.75, 3.05) is 0 Å². The van der Waals surface area contributed by atoms with Crippen LogP contribution in [0.25, 0.3) is 0 Å². The van der Waals surface area contributed by atoms with Gasteiger partial charge in [-0.2, -0.15) is 0 Å². The van der Waals surface area contributed by atoms with Gasteiger partial charge in [-0.3, -0.25) is 0 Å². The van der Waals surface area contributed by atoms with Crippen molar-refractivity contribution in [2.45, 2.75) is 51.6 Å². The highest BCUT2D eigenvalue weighted by Gasteiger charge is 2.05. The molecule has 0 radical (unpaired) electrons. The molecule has 1 rings (SSSR count). The molecule has 0 aromatic heterocycles. The summed E-state index contributed by atoms with van der Waals surface area (Å²) in [5.74, 6) is 0. The molecule has 0 unspecified atom stereocenters. The monoisotopic (exact) mass is 194 g/mol. The molecular weight excluding hydrogens is 172 g/mol. The number of nitrogens with one attached hydrogen (secondary N) is 2. The van der Waals surface area contributed by atoms with E-state index in [1.165, 1.54) is 38.5 Å². The first-order chi connectivity index (χ1) is 6.93. The SMILES string of the molecule is CC/C=C/CCCCCC1NC=CN1. The van der Waals surface area contributed by atoms with Gasteiger partial charge in [0.05, 0.1) is 6.17 Å². The largest absolute Gasteiger partial charge is 0.370 e. The molecule has 80 valence electrons. The minimum Gasteiger partial charge on any atom is -0.370 e. The molecule has 0 aliphatic carbocycles. The third-order valence-corrected chi connectivity index (χ3v) is 2.44. The molecule has 1 aliphatic heterocycles. The number of allylic oxidation sites excluding steroid dienone is 2. The molecule has 0 bridgehead atoms. The van der Waals surface area contributed by atoms with Gasteiger partial charge in [0, 0.05) is 12.4 Å². The van der Waals surface area contributed by atoms with Crippen molar-refractivity contribution in [3.8, 4) is 0 Å². The van der Waals surface area contributed by atoms with Gasteiger partial charge in [0.2, 0.25) is 0 Å². The van der Waals surface area contributed by atoms with E-state index in [4.69, 9.17) is 0 Å². The number of hydrogen-bond donors (Lipinski definition) is 2. The molecule has 0 saturated heterocycles. The second-order valence-electron chi connectivity index (χ2n) is 3.74.